The maximum atomic E-state index is 12.8. The lowest BCUT2D eigenvalue weighted by molar-refractivity contribution is -0.151. The summed E-state index contributed by atoms with van der Waals surface area (Å²) in [7, 11) is 0. The molecule has 140 valence electrons. The molecule has 4 fully saturated rings. The molecule has 5 rings (SSSR count). The lowest BCUT2D eigenvalue weighted by Crippen LogP contribution is -2.60. The summed E-state index contributed by atoms with van der Waals surface area (Å²) in [6.45, 7) is -0.594. The first kappa shape index (κ1) is 17.3. The van der Waals surface area contributed by atoms with E-state index in [1.54, 1.807) is 0 Å². The number of hydrogen-bond acceptors (Lipinski definition) is 4. The number of carbonyl (C=O) groups is 2. The molecule has 4 aliphatic carbocycles. The number of carbonyl (C=O) groups excluding carboxylic acids is 2. The summed E-state index contributed by atoms with van der Waals surface area (Å²) in [5.41, 5.74) is -0.0805. The van der Waals surface area contributed by atoms with E-state index in [4.69, 9.17) is 9.47 Å². The van der Waals surface area contributed by atoms with Gasteiger partial charge in [-0.15, -0.1) is 0 Å². The molecule has 0 unspecified atom stereocenters. The van der Waals surface area contributed by atoms with Gasteiger partial charge in [0.25, 0.3) is 5.91 Å². The van der Waals surface area contributed by atoms with Crippen molar-refractivity contribution in [3.05, 3.63) is 30.1 Å². The van der Waals surface area contributed by atoms with Gasteiger partial charge in [0.15, 0.2) is 13.2 Å². The average molecular weight is 361 g/mol. The SMILES string of the molecule is O=C(COC(=O)COc1ccc(F)cc1)NC12CC3CC(CC(C3)C1)C2. The molecule has 26 heavy (non-hydrogen) atoms. The molecule has 0 radical (unpaired) electrons. The Labute approximate surface area is 152 Å². The third-order valence-electron chi connectivity index (χ3n) is 5.98. The summed E-state index contributed by atoms with van der Waals surface area (Å²) in [5, 5.41) is 3.16. The van der Waals surface area contributed by atoms with Crippen LogP contribution >= 0.6 is 0 Å². The Kier molecular flexibility index (Phi) is 4.59. The zero-order chi connectivity index (χ0) is 18.1. The Bertz CT molecular complexity index is 652. The van der Waals surface area contributed by atoms with Crippen molar-refractivity contribution in [1.29, 1.82) is 0 Å². The lowest BCUT2D eigenvalue weighted by atomic mass is 9.53. The number of benzene rings is 1. The molecule has 1 aromatic carbocycles. The number of nitrogens with one attached hydrogen (secondary N) is 1. The molecule has 4 aliphatic rings. The predicted octanol–water partition coefficient (Wildman–Crippen LogP) is 2.83. The van der Waals surface area contributed by atoms with Gasteiger partial charge >= 0.3 is 5.97 Å². The van der Waals surface area contributed by atoms with Gasteiger partial charge in [-0.05, 0) is 80.5 Å². The van der Waals surface area contributed by atoms with Crippen LogP contribution < -0.4 is 10.1 Å². The Morgan fingerprint density at radius 1 is 1.00 bits per heavy atom. The van der Waals surface area contributed by atoms with Gasteiger partial charge in [0.2, 0.25) is 0 Å². The van der Waals surface area contributed by atoms with Crippen LogP contribution in [0.1, 0.15) is 38.5 Å². The minimum Gasteiger partial charge on any atom is -0.482 e. The van der Waals surface area contributed by atoms with Crippen LogP contribution in [0.5, 0.6) is 5.75 Å². The maximum absolute atomic E-state index is 12.8. The largest absolute Gasteiger partial charge is 0.482 e. The van der Waals surface area contributed by atoms with Gasteiger partial charge in [-0.3, -0.25) is 4.79 Å². The molecule has 1 amide bonds. The summed E-state index contributed by atoms with van der Waals surface area (Å²) in [6.07, 6.45) is 7.12. The number of rotatable bonds is 6. The Morgan fingerprint density at radius 2 is 1.58 bits per heavy atom. The fraction of sp³-hybridized carbons (Fsp3) is 0.600. The molecule has 0 heterocycles. The molecule has 1 N–H and O–H groups in total. The maximum Gasteiger partial charge on any atom is 0.344 e. The second-order valence-electron chi connectivity index (χ2n) is 8.15. The minimum atomic E-state index is -0.616. The fourth-order valence-electron chi connectivity index (χ4n) is 5.46. The van der Waals surface area contributed by atoms with Gasteiger partial charge in [-0.2, -0.15) is 0 Å². The zero-order valence-electron chi connectivity index (χ0n) is 14.7. The van der Waals surface area contributed by atoms with E-state index in [1.807, 2.05) is 0 Å². The van der Waals surface area contributed by atoms with Gasteiger partial charge in [0.1, 0.15) is 11.6 Å². The van der Waals surface area contributed by atoms with E-state index >= 15 is 0 Å². The van der Waals surface area contributed by atoms with E-state index in [1.165, 1.54) is 43.5 Å². The predicted molar refractivity (Wildman–Crippen MR) is 91.9 cm³/mol. The highest BCUT2D eigenvalue weighted by Crippen LogP contribution is 2.55. The van der Waals surface area contributed by atoms with E-state index in [-0.39, 0.29) is 30.5 Å². The number of hydrogen-bond donors (Lipinski definition) is 1. The highest BCUT2D eigenvalue weighted by Gasteiger charge is 2.51. The van der Waals surface area contributed by atoms with Crippen molar-refractivity contribution in [1.82, 2.24) is 5.32 Å². The van der Waals surface area contributed by atoms with Crippen molar-refractivity contribution in [2.75, 3.05) is 13.2 Å². The molecule has 0 spiro atoms. The van der Waals surface area contributed by atoms with Gasteiger partial charge in [0, 0.05) is 5.54 Å². The monoisotopic (exact) mass is 361 g/mol. The second kappa shape index (κ2) is 6.89. The van der Waals surface area contributed by atoms with Gasteiger partial charge in [0.05, 0.1) is 0 Å². The van der Waals surface area contributed by atoms with E-state index in [0.29, 0.717) is 5.75 Å². The van der Waals surface area contributed by atoms with Crippen molar-refractivity contribution in [3.8, 4) is 5.75 Å². The van der Waals surface area contributed by atoms with Crippen molar-refractivity contribution in [2.45, 2.75) is 44.1 Å². The smallest absolute Gasteiger partial charge is 0.344 e. The summed E-state index contributed by atoms with van der Waals surface area (Å²) in [6, 6.07) is 5.36. The fourth-order valence-corrected chi connectivity index (χ4v) is 5.46. The summed E-state index contributed by atoms with van der Waals surface area (Å²) < 4.78 is 23.0. The molecule has 6 heteroatoms. The van der Waals surface area contributed by atoms with Crippen LogP contribution in [0, 0.1) is 23.6 Å². The topological polar surface area (TPSA) is 64.6 Å². The Hall–Kier alpha value is -2.11. The standard InChI is InChI=1S/C20H24FNO4/c21-16-1-3-17(4-2-16)25-12-19(24)26-11-18(23)22-20-8-13-5-14(9-20)7-15(6-13)10-20/h1-4,13-15H,5-12H2,(H,22,23). The molecule has 0 aromatic heterocycles. The third-order valence-corrected chi connectivity index (χ3v) is 5.98. The van der Waals surface area contributed by atoms with Crippen LogP contribution in [0.4, 0.5) is 4.39 Å². The van der Waals surface area contributed by atoms with Crippen molar-refractivity contribution < 1.29 is 23.5 Å². The molecule has 0 aliphatic heterocycles. The normalized spacial score (nSPS) is 31.5. The first-order valence-corrected chi connectivity index (χ1v) is 9.35. The van der Waals surface area contributed by atoms with E-state index < -0.39 is 5.97 Å². The highest BCUT2D eigenvalue weighted by molar-refractivity contribution is 5.81. The molecule has 4 bridgehead atoms. The first-order valence-electron chi connectivity index (χ1n) is 9.35. The molecule has 0 saturated heterocycles. The third kappa shape index (κ3) is 3.84. The number of amides is 1. The second-order valence-corrected chi connectivity index (χ2v) is 8.15. The number of esters is 1. The summed E-state index contributed by atoms with van der Waals surface area (Å²) >= 11 is 0. The quantitative estimate of drug-likeness (QED) is 0.792. The van der Waals surface area contributed by atoms with Gasteiger partial charge < -0.3 is 14.8 Å². The molecular formula is C20H24FNO4. The molecule has 4 saturated carbocycles. The molecular weight excluding hydrogens is 337 g/mol. The summed E-state index contributed by atoms with van der Waals surface area (Å²) in [5.74, 6) is 1.38. The first-order chi connectivity index (χ1) is 12.5. The average Bonchev–Trinajstić information content (AvgIpc) is 2.58. The molecule has 5 nitrogen and oxygen atoms in total. The zero-order valence-corrected chi connectivity index (χ0v) is 14.7. The van der Waals surface area contributed by atoms with Crippen LogP contribution in [0.15, 0.2) is 24.3 Å². The van der Waals surface area contributed by atoms with E-state index in [0.717, 1.165) is 37.0 Å². The highest BCUT2D eigenvalue weighted by atomic mass is 19.1. The van der Waals surface area contributed by atoms with E-state index in [2.05, 4.69) is 5.32 Å². The van der Waals surface area contributed by atoms with Crippen LogP contribution in [0.3, 0.4) is 0 Å². The summed E-state index contributed by atoms with van der Waals surface area (Å²) in [4.78, 5) is 24.0. The van der Waals surface area contributed by atoms with Crippen molar-refractivity contribution in [2.24, 2.45) is 17.8 Å². The van der Waals surface area contributed by atoms with Crippen molar-refractivity contribution in [3.63, 3.8) is 0 Å². The van der Waals surface area contributed by atoms with Crippen LogP contribution in [0.2, 0.25) is 0 Å². The minimum absolute atomic E-state index is 0.0805. The number of ether oxygens (including phenoxy) is 2. The molecule has 0 atom stereocenters. The van der Waals surface area contributed by atoms with Gasteiger partial charge in [-0.1, -0.05) is 0 Å². The van der Waals surface area contributed by atoms with Crippen LogP contribution in [0.25, 0.3) is 0 Å². The number of halogens is 1. The Balaban J connectivity index is 1.21. The van der Waals surface area contributed by atoms with Crippen LogP contribution in [-0.4, -0.2) is 30.6 Å². The van der Waals surface area contributed by atoms with Crippen molar-refractivity contribution >= 4 is 11.9 Å². The van der Waals surface area contributed by atoms with Gasteiger partial charge in [-0.25, -0.2) is 9.18 Å². The van der Waals surface area contributed by atoms with Crippen LogP contribution in [-0.2, 0) is 14.3 Å². The van der Waals surface area contributed by atoms with E-state index in [9.17, 15) is 14.0 Å². The Morgan fingerprint density at radius 3 is 2.15 bits per heavy atom. The lowest BCUT2D eigenvalue weighted by Gasteiger charge is -2.56. The molecule has 1 aromatic rings.